The van der Waals surface area contributed by atoms with E-state index in [9.17, 15) is 9.59 Å². The van der Waals surface area contributed by atoms with Crippen molar-refractivity contribution in [3.05, 3.63) is 40.2 Å². The highest BCUT2D eigenvalue weighted by atomic mass is 16.6. The molecular weight excluding hydrogens is 272 g/mol. The lowest BCUT2D eigenvalue weighted by Gasteiger charge is -2.10. The van der Waals surface area contributed by atoms with Gasteiger partial charge in [0.15, 0.2) is 6.61 Å². The van der Waals surface area contributed by atoms with E-state index < -0.39 is 11.6 Å². The molecule has 0 saturated carbocycles. The van der Waals surface area contributed by atoms with Crippen LogP contribution in [0.1, 0.15) is 26.3 Å². The zero-order valence-corrected chi connectivity index (χ0v) is 12.3. The number of carbonyl (C=O) groups is 1. The molecule has 2 aromatic rings. The first-order valence-corrected chi connectivity index (χ1v) is 6.88. The van der Waals surface area contributed by atoms with Gasteiger partial charge in [0.25, 0.3) is 0 Å². The van der Waals surface area contributed by atoms with Crippen molar-refractivity contribution in [2.24, 2.45) is 0 Å². The van der Waals surface area contributed by atoms with Crippen molar-refractivity contribution < 1.29 is 18.7 Å². The van der Waals surface area contributed by atoms with Gasteiger partial charge in [-0.3, -0.25) is 0 Å². The summed E-state index contributed by atoms with van der Waals surface area (Å²) in [4.78, 5) is 22.9. The summed E-state index contributed by atoms with van der Waals surface area (Å²) in [5, 5.41) is 0.870. The zero-order chi connectivity index (χ0) is 15.4. The first-order chi connectivity index (χ1) is 9.99. The van der Waals surface area contributed by atoms with Gasteiger partial charge in [0.1, 0.15) is 11.3 Å². The molecule has 0 N–H and O–H groups in total. The fraction of sp³-hybridized carbons (Fsp3) is 0.375. The van der Waals surface area contributed by atoms with Crippen molar-refractivity contribution in [2.75, 3.05) is 6.61 Å². The number of fused-ring (bicyclic) bond motifs is 1. The highest BCUT2D eigenvalue weighted by Gasteiger charge is 2.09. The molecule has 0 aliphatic carbocycles. The Morgan fingerprint density at radius 2 is 2.05 bits per heavy atom. The zero-order valence-electron chi connectivity index (χ0n) is 12.3. The topological polar surface area (TPSA) is 65.7 Å². The molecule has 0 unspecified atom stereocenters. The average molecular weight is 290 g/mol. The maximum Gasteiger partial charge on any atom is 0.344 e. The van der Waals surface area contributed by atoms with Gasteiger partial charge in [-0.05, 0) is 38.0 Å². The van der Waals surface area contributed by atoms with E-state index in [4.69, 9.17) is 13.9 Å². The molecule has 1 aromatic carbocycles. The van der Waals surface area contributed by atoms with Crippen LogP contribution in [-0.2, 0) is 16.0 Å². The van der Waals surface area contributed by atoms with E-state index in [1.807, 2.05) is 13.0 Å². The van der Waals surface area contributed by atoms with Crippen LogP contribution in [0.2, 0.25) is 0 Å². The second kappa shape index (κ2) is 6.43. The molecule has 1 heterocycles. The number of benzene rings is 1. The Kier molecular flexibility index (Phi) is 4.62. The Labute approximate surface area is 122 Å². The minimum absolute atomic E-state index is 0.178. The van der Waals surface area contributed by atoms with Crippen LogP contribution in [0.15, 0.2) is 33.5 Å². The molecule has 0 bridgehead atoms. The minimum Gasteiger partial charge on any atom is -0.482 e. The lowest BCUT2D eigenvalue weighted by molar-refractivity contribution is -0.149. The molecule has 0 radical (unpaired) electrons. The minimum atomic E-state index is -0.436. The number of aryl methyl sites for hydroxylation is 1. The van der Waals surface area contributed by atoms with E-state index in [2.05, 4.69) is 0 Å². The molecule has 0 saturated heterocycles. The highest BCUT2D eigenvalue weighted by molar-refractivity contribution is 5.81. The van der Waals surface area contributed by atoms with Gasteiger partial charge >= 0.3 is 11.6 Å². The molecule has 0 fully saturated rings. The summed E-state index contributed by atoms with van der Waals surface area (Å²) in [5.74, 6) is 0.0217. The fourth-order valence-corrected chi connectivity index (χ4v) is 2.03. The molecule has 5 nitrogen and oxygen atoms in total. The van der Waals surface area contributed by atoms with Gasteiger partial charge in [-0.15, -0.1) is 0 Å². The SMILES string of the molecule is CCc1cc(=O)oc2cc(OCC(=O)OC(C)C)ccc12. The molecule has 0 atom stereocenters. The van der Waals surface area contributed by atoms with Crippen LogP contribution in [0, 0.1) is 0 Å². The summed E-state index contributed by atoms with van der Waals surface area (Å²) >= 11 is 0. The predicted molar refractivity (Wildman–Crippen MR) is 78.6 cm³/mol. The van der Waals surface area contributed by atoms with Gasteiger partial charge in [0, 0.05) is 17.5 Å². The Morgan fingerprint density at radius 3 is 2.71 bits per heavy atom. The third kappa shape index (κ3) is 3.84. The molecule has 0 spiro atoms. The molecule has 112 valence electrons. The summed E-state index contributed by atoms with van der Waals surface area (Å²) < 4.78 is 15.5. The van der Waals surface area contributed by atoms with Gasteiger partial charge < -0.3 is 13.9 Å². The number of carbonyl (C=O) groups excluding carboxylic acids is 1. The van der Waals surface area contributed by atoms with Crippen molar-refractivity contribution in [3.63, 3.8) is 0 Å². The monoisotopic (exact) mass is 290 g/mol. The molecule has 0 amide bonds. The van der Waals surface area contributed by atoms with Crippen LogP contribution in [-0.4, -0.2) is 18.7 Å². The molecular formula is C16H18O5. The predicted octanol–water partition coefficient (Wildman–Crippen LogP) is 2.69. The van der Waals surface area contributed by atoms with Crippen molar-refractivity contribution in [1.82, 2.24) is 0 Å². The maximum absolute atomic E-state index is 11.5. The van der Waals surface area contributed by atoms with Gasteiger partial charge in [0.2, 0.25) is 0 Å². The van der Waals surface area contributed by atoms with Crippen LogP contribution >= 0.6 is 0 Å². The normalized spacial score (nSPS) is 10.9. The average Bonchev–Trinajstić information content (AvgIpc) is 2.43. The first kappa shape index (κ1) is 15.1. The van der Waals surface area contributed by atoms with E-state index in [0.717, 1.165) is 17.4 Å². The molecule has 1 aromatic heterocycles. The van der Waals surface area contributed by atoms with Crippen LogP contribution < -0.4 is 10.4 Å². The second-order valence-corrected chi connectivity index (χ2v) is 4.93. The smallest absolute Gasteiger partial charge is 0.344 e. The summed E-state index contributed by atoms with van der Waals surface area (Å²) in [6.07, 6.45) is 0.561. The van der Waals surface area contributed by atoms with E-state index >= 15 is 0 Å². The number of esters is 1. The van der Waals surface area contributed by atoms with Gasteiger partial charge in [-0.25, -0.2) is 9.59 Å². The van der Waals surface area contributed by atoms with Crippen molar-refractivity contribution in [3.8, 4) is 5.75 Å². The van der Waals surface area contributed by atoms with E-state index in [1.54, 1.807) is 26.0 Å². The van der Waals surface area contributed by atoms with E-state index in [0.29, 0.717) is 11.3 Å². The van der Waals surface area contributed by atoms with Gasteiger partial charge in [-0.1, -0.05) is 6.92 Å². The maximum atomic E-state index is 11.5. The lowest BCUT2D eigenvalue weighted by Crippen LogP contribution is -2.18. The lowest BCUT2D eigenvalue weighted by atomic mass is 10.1. The standard InChI is InChI=1S/C16H18O5/c1-4-11-7-15(17)21-14-8-12(5-6-13(11)14)19-9-16(18)20-10(2)3/h5-8,10H,4,9H2,1-3H3. The number of hydrogen-bond acceptors (Lipinski definition) is 5. The van der Waals surface area contributed by atoms with Crippen molar-refractivity contribution >= 4 is 16.9 Å². The molecule has 2 rings (SSSR count). The summed E-state index contributed by atoms with van der Waals surface area (Å²) in [6, 6.07) is 6.66. The van der Waals surface area contributed by atoms with Gasteiger partial charge in [0.05, 0.1) is 6.10 Å². The fourth-order valence-electron chi connectivity index (χ4n) is 2.03. The summed E-state index contributed by atoms with van der Waals surface area (Å²) in [6.45, 7) is 5.34. The first-order valence-electron chi connectivity index (χ1n) is 6.88. The Bertz CT molecular complexity index is 699. The number of hydrogen-bond donors (Lipinski definition) is 0. The second-order valence-electron chi connectivity index (χ2n) is 4.93. The van der Waals surface area contributed by atoms with Crippen LogP contribution in [0.4, 0.5) is 0 Å². The summed E-state index contributed by atoms with van der Waals surface area (Å²) in [7, 11) is 0. The molecule has 0 aliphatic rings. The summed E-state index contributed by atoms with van der Waals surface area (Å²) in [5.41, 5.74) is 0.983. The largest absolute Gasteiger partial charge is 0.482 e. The Balaban J connectivity index is 2.19. The number of rotatable bonds is 5. The van der Waals surface area contributed by atoms with Gasteiger partial charge in [-0.2, -0.15) is 0 Å². The quantitative estimate of drug-likeness (QED) is 0.625. The van der Waals surface area contributed by atoms with Crippen LogP contribution in [0.5, 0.6) is 5.75 Å². The highest BCUT2D eigenvalue weighted by Crippen LogP contribution is 2.23. The number of ether oxygens (including phenoxy) is 2. The third-order valence-electron chi connectivity index (χ3n) is 2.91. The van der Waals surface area contributed by atoms with Crippen LogP contribution in [0.3, 0.4) is 0 Å². The Morgan fingerprint density at radius 1 is 1.29 bits per heavy atom. The molecule has 5 heteroatoms. The van der Waals surface area contributed by atoms with Crippen LogP contribution in [0.25, 0.3) is 11.0 Å². The molecule has 21 heavy (non-hydrogen) atoms. The molecule has 0 aliphatic heterocycles. The third-order valence-corrected chi connectivity index (χ3v) is 2.91. The van der Waals surface area contributed by atoms with Crippen molar-refractivity contribution in [1.29, 1.82) is 0 Å². The van der Waals surface area contributed by atoms with E-state index in [-0.39, 0.29) is 12.7 Å². The Hall–Kier alpha value is -2.30. The van der Waals surface area contributed by atoms with Crippen molar-refractivity contribution in [2.45, 2.75) is 33.3 Å². The van der Waals surface area contributed by atoms with E-state index in [1.165, 1.54) is 6.07 Å².